The van der Waals surface area contributed by atoms with Crippen LogP contribution in [-0.4, -0.2) is 39.9 Å². The van der Waals surface area contributed by atoms with Gasteiger partial charge in [-0.1, -0.05) is 31.2 Å². The van der Waals surface area contributed by atoms with E-state index in [1.165, 1.54) is 44.6 Å². The van der Waals surface area contributed by atoms with Gasteiger partial charge in [0.15, 0.2) is 5.17 Å². The van der Waals surface area contributed by atoms with Crippen molar-refractivity contribution in [2.45, 2.75) is 89.6 Å². The Labute approximate surface area is 206 Å². The second kappa shape index (κ2) is 10.2. The van der Waals surface area contributed by atoms with Crippen LogP contribution < -0.4 is 5.32 Å². The third-order valence-electron chi connectivity index (χ3n) is 8.25. The van der Waals surface area contributed by atoms with E-state index in [9.17, 15) is 13.6 Å². The molecule has 1 aromatic carbocycles. The molecular formula is C27H37F2N3OS. The molecular weight excluding hydrogens is 452 g/mol. The summed E-state index contributed by atoms with van der Waals surface area (Å²) in [5.41, 5.74) is 1.38. The number of rotatable bonds is 9. The third-order valence-corrected chi connectivity index (χ3v) is 9.38. The first-order valence-electron chi connectivity index (χ1n) is 13.0. The highest BCUT2D eigenvalue weighted by molar-refractivity contribution is 8.14. The van der Waals surface area contributed by atoms with Crippen LogP contribution in [0.2, 0.25) is 0 Å². The maximum atomic E-state index is 13.1. The van der Waals surface area contributed by atoms with Crippen molar-refractivity contribution in [1.29, 1.82) is 0 Å². The number of thioether (sulfide) groups is 1. The van der Waals surface area contributed by atoms with Gasteiger partial charge >= 0.3 is 0 Å². The standard InChI is InChI=1S/C27H37F2N3OS/c1-2-3-4-32-24(11-25(33)30-23-9-21(15-28)8-22(10-23)16-29)17-34-26(32)31-27-12-18-5-19(13-27)7-20(6-18)14-27/h8-10,18-20,24H,2-7,11-17H2,1H3,(H,30,33). The van der Waals surface area contributed by atoms with Crippen LogP contribution in [0.25, 0.3) is 0 Å². The molecule has 1 atom stereocenters. The summed E-state index contributed by atoms with van der Waals surface area (Å²) in [6.07, 6.45) is 10.5. The van der Waals surface area contributed by atoms with Crippen molar-refractivity contribution < 1.29 is 13.6 Å². The second-order valence-electron chi connectivity index (χ2n) is 11.1. The molecule has 6 rings (SSSR count). The SMILES string of the molecule is CCCCN1C(=NC23CC4CC(CC(C4)C2)C3)SCC1CC(=O)Nc1cc(CF)cc(CF)c1. The van der Waals surface area contributed by atoms with E-state index in [0.29, 0.717) is 23.2 Å². The number of hydrogen-bond donors (Lipinski definition) is 1. The molecule has 4 nitrogen and oxygen atoms in total. The second-order valence-corrected chi connectivity index (χ2v) is 12.1. The van der Waals surface area contributed by atoms with Crippen molar-refractivity contribution in [3.8, 4) is 0 Å². The molecule has 186 valence electrons. The zero-order valence-electron chi connectivity index (χ0n) is 20.2. The summed E-state index contributed by atoms with van der Waals surface area (Å²) >= 11 is 1.82. The lowest BCUT2D eigenvalue weighted by atomic mass is 9.53. The van der Waals surface area contributed by atoms with Crippen molar-refractivity contribution in [3.05, 3.63) is 29.3 Å². The largest absolute Gasteiger partial charge is 0.347 e. The van der Waals surface area contributed by atoms with E-state index in [-0.39, 0.29) is 17.5 Å². The third kappa shape index (κ3) is 5.14. The van der Waals surface area contributed by atoms with Gasteiger partial charge in [-0.15, -0.1) is 0 Å². The van der Waals surface area contributed by atoms with Crippen molar-refractivity contribution in [2.24, 2.45) is 22.7 Å². The van der Waals surface area contributed by atoms with Gasteiger partial charge in [0.05, 0.1) is 5.54 Å². The summed E-state index contributed by atoms with van der Waals surface area (Å²) in [5, 5.41) is 4.03. The van der Waals surface area contributed by atoms with E-state index in [1.807, 2.05) is 11.8 Å². The number of nitrogens with zero attached hydrogens (tertiary/aromatic N) is 2. The van der Waals surface area contributed by atoms with Crippen molar-refractivity contribution in [1.82, 2.24) is 4.90 Å². The molecule has 1 N–H and O–H groups in total. The number of aliphatic imine (C=N–C) groups is 1. The number of amidine groups is 1. The van der Waals surface area contributed by atoms with Crippen LogP contribution in [0.1, 0.15) is 75.8 Å². The zero-order chi connectivity index (χ0) is 23.7. The van der Waals surface area contributed by atoms with E-state index >= 15 is 0 Å². The van der Waals surface area contributed by atoms with Gasteiger partial charge in [0.1, 0.15) is 13.3 Å². The van der Waals surface area contributed by atoms with E-state index in [0.717, 1.165) is 48.1 Å². The van der Waals surface area contributed by atoms with Crippen molar-refractivity contribution in [3.63, 3.8) is 0 Å². The van der Waals surface area contributed by atoms with Gasteiger partial charge in [-0.2, -0.15) is 0 Å². The fourth-order valence-corrected chi connectivity index (χ4v) is 8.50. The number of anilines is 1. The molecule has 0 radical (unpaired) electrons. The van der Waals surface area contributed by atoms with Gasteiger partial charge in [-0.25, -0.2) is 8.78 Å². The molecule has 1 saturated heterocycles. The number of amides is 1. The minimum Gasteiger partial charge on any atom is -0.347 e. The number of benzene rings is 1. The lowest BCUT2D eigenvalue weighted by molar-refractivity contribution is -0.116. The zero-order valence-corrected chi connectivity index (χ0v) is 21.0. The maximum Gasteiger partial charge on any atom is 0.226 e. The van der Waals surface area contributed by atoms with E-state index in [2.05, 4.69) is 17.1 Å². The number of hydrogen-bond acceptors (Lipinski definition) is 3. The number of carbonyl (C=O) groups is 1. The summed E-state index contributed by atoms with van der Waals surface area (Å²) in [6.45, 7) is 1.77. The molecule has 5 fully saturated rings. The van der Waals surface area contributed by atoms with Gasteiger partial charge in [-0.05, 0) is 86.0 Å². The molecule has 7 heteroatoms. The molecule has 1 aliphatic heterocycles. The molecule has 1 amide bonds. The average molecular weight is 490 g/mol. The van der Waals surface area contributed by atoms with Gasteiger partial charge in [-0.3, -0.25) is 9.79 Å². The fraction of sp³-hybridized carbons (Fsp3) is 0.704. The van der Waals surface area contributed by atoms with E-state index < -0.39 is 13.3 Å². The summed E-state index contributed by atoms with van der Waals surface area (Å²) in [6, 6.07) is 4.79. The molecule has 0 spiro atoms. The Hall–Kier alpha value is -1.63. The molecule has 4 aliphatic carbocycles. The highest BCUT2D eigenvalue weighted by Crippen LogP contribution is 2.57. The molecule has 1 heterocycles. The van der Waals surface area contributed by atoms with Gasteiger partial charge in [0.2, 0.25) is 5.91 Å². The fourth-order valence-electron chi connectivity index (χ4n) is 7.19. The van der Waals surface area contributed by atoms with E-state index in [1.54, 1.807) is 12.1 Å². The Bertz CT molecular complexity index is 879. The molecule has 5 aliphatic rings. The van der Waals surface area contributed by atoms with Crippen LogP contribution in [-0.2, 0) is 18.1 Å². The molecule has 34 heavy (non-hydrogen) atoms. The predicted molar refractivity (Wildman–Crippen MR) is 136 cm³/mol. The number of unbranched alkanes of at least 4 members (excludes halogenated alkanes) is 1. The van der Waals surface area contributed by atoms with Gasteiger partial charge in [0.25, 0.3) is 0 Å². The topological polar surface area (TPSA) is 44.7 Å². The Morgan fingerprint density at radius 1 is 1.09 bits per heavy atom. The average Bonchev–Trinajstić information content (AvgIpc) is 3.16. The van der Waals surface area contributed by atoms with Crippen LogP contribution in [0.15, 0.2) is 23.2 Å². The number of nitrogens with one attached hydrogen (secondary N) is 1. The Balaban J connectivity index is 1.29. The van der Waals surface area contributed by atoms with Crippen LogP contribution in [0.3, 0.4) is 0 Å². The van der Waals surface area contributed by atoms with Gasteiger partial charge < -0.3 is 10.2 Å². The van der Waals surface area contributed by atoms with Crippen LogP contribution in [0.4, 0.5) is 14.5 Å². The Morgan fingerprint density at radius 2 is 1.71 bits per heavy atom. The summed E-state index contributed by atoms with van der Waals surface area (Å²) in [5.74, 6) is 3.35. The molecule has 1 unspecified atom stereocenters. The number of carbonyl (C=O) groups excluding carboxylic acids is 1. The van der Waals surface area contributed by atoms with Crippen LogP contribution >= 0.6 is 11.8 Å². The minimum atomic E-state index is -0.676. The van der Waals surface area contributed by atoms with Crippen LogP contribution in [0, 0.1) is 17.8 Å². The monoisotopic (exact) mass is 489 g/mol. The highest BCUT2D eigenvalue weighted by atomic mass is 32.2. The maximum absolute atomic E-state index is 13.1. The highest BCUT2D eigenvalue weighted by Gasteiger charge is 2.51. The summed E-state index contributed by atoms with van der Waals surface area (Å²) < 4.78 is 26.3. The summed E-state index contributed by atoms with van der Waals surface area (Å²) in [7, 11) is 0. The van der Waals surface area contributed by atoms with Crippen molar-refractivity contribution >= 4 is 28.5 Å². The predicted octanol–water partition coefficient (Wildman–Crippen LogP) is 6.50. The first kappa shape index (κ1) is 24.1. The molecule has 4 bridgehead atoms. The lowest BCUT2D eigenvalue weighted by Crippen LogP contribution is -2.50. The number of alkyl halides is 2. The van der Waals surface area contributed by atoms with Crippen LogP contribution in [0.5, 0.6) is 0 Å². The molecule has 4 saturated carbocycles. The Kier molecular flexibility index (Phi) is 7.19. The smallest absolute Gasteiger partial charge is 0.226 e. The molecule has 0 aromatic heterocycles. The van der Waals surface area contributed by atoms with E-state index in [4.69, 9.17) is 4.99 Å². The molecule has 1 aromatic rings. The van der Waals surface area contributed by atoms with Crippen molar-refractivity contribution in [2.75, 3.05) is 17.6 Å². The Morgan fingerprint density at radius 3 is 2.26 bits per heavy atom. The van der Waals surface area contributed by atoms with Gasteiger partial charge in [0, 0.05) is 30.4 Å². The summed E-state index contributed by atoms with van der Waals surface area (Å²) in [4.78, 5) is 20.8. The normalized spacial score (nSPS) is 33.1. The number of halogens is 2. The lowest BCUT2D eigenvalue weighted by Gasteiger charge is -2.55. The first-order chi connectivity index (χ1) is 16.5. The minimum absolute atomic E-state index is 0.106. The first-order valence-corrected chi connectivity index (χ1v) is 14.0. The quantitative estimate of drug-likeness (QED) is 0.431.